The van der Waals surface area contributed by atoms with E-state index < -0.39 is 0 Å². The Hall–Kier alpha value is -2.82. The predicted octanol–water partition coefficient (Wildman–Crippen LogP) is 3.32. The van der Waals surface area contributed by atoms with E-state index in [1.165, 1.54) is 0 Å². The van der Waals surface area contributed by atoms with Crippen LogP contribution in [0.25, 0.3) is 11.0 Å². The molecule has 0 spiro atoms. The molecule has 2 N–H and O–H groups in total. The third-order valence-electron chi connectivity index (χ3n) is 3.65. The summed E-state index contributed by atoms with van der Waals surface area (Å²) in [5.74, 6) is 1.49. The second-order valence-electron chi connectivity index (χ2n) is 5.58. The maximum atomic E-state index is 12.2. The average molecular weight is 323 g/mol. The molecule has 5 nitrogen and oxygen atoms in total. The molecule has 24 heavy (non-hydrogen) atoms. The van der Waals surface area contributed by atoms with E-state index in [1.54, 1.807) is 12.1 Å². The number of nitrogens with zero attached hydrogens (tertiary/aromatic N) is 1. The Kier molecular flexibility index (Phi) is 5.11. The van der Waals surface area contributed by atoms with E-state index >= 15 is 0 Å². The van der Waals surface area contributed by atoms with Crippen molar-refractivity contribution in [3.05, 3.63) is 59.9 Å². The first kappa shape index (κ1) is 16.1. The molecule has 124 valence electrons. The molecule has 3 aromatic rings. The van der Waals surface area contributed by atoms with Gasteiger partial charge in [0.1, 0.15) is 11.6 Å². The zero-order valence-electron chi connectivity index (χ0n) is 13.7. The molecule has 0 radical (unpaired) electrons. The molecule has 0 aliphatic heterocycles. The van der Waals surface area contributed by atoms with Crippen LogP contribution in [-0.4, -0.2) is 29.0 Å². The normalized spacial score (nSPS) is 10.7. The Morgan fingerprint density at radius 2 is 2.08 bits per heavy atom. The molecule has 0 aliphatic rings. The molecule has 1 heterocycles. The number of para-hydroxylation sites is 2. The van der Waals surface area contributed by atoms with Crippen molar-refractivity contribution in [2.24, 2.45) is 0 Å². The first-order valence-corrected chi connectivity index (χ1v) is 8.21. The molecule has 0 saturated carbocycles. The van der Waals surface area contributed by atoms with Gasteiger partial charge in [0.15, 0.2) is 0 Å². The zero-order chi connectivity index (χ0) is 16.8. The van der Waals surface area contributed by atoms with E-state index in [9.17, 15) is 4.79 Å². The molecule has 2 aromatic carbocycles. The third-order valence-corrected chi connectivity index (χ3v) is 3.65. The van der Waals surface area contributed by atoms with Crippen LogP contribution >= 0.6 is 0 Å². The Bertz CT molecular complexity index is 793. The summed E-state index contributed by atoms with van der Waals surface area (Å²) in [5.41, 5.74) is 2.56. The van der Waals surface area contributed by atoms with Gasteiger partial charge in [-0.15, -0.1) is 0 Å². The highest BCUT2D eigenvalue weighted by molar-refractivity contribution is 5.94. The number of rotatable bonds is 7. The number of carbonyl (C=O) groups excluding carboxylic acids is 1. The second kappa shape index (κ2) is 7.64. The van der Waals surface area contributed by atoms with Gasteiger partial charge in [-0.25, -0.2) is 4.98 Å². The average Bonchev–Trinajstić information content (AvgIpc) is 3.03. The molecule has 0 aliphatic carbocycles. The fourth-order valence-corrected chi connectivity index (χ4v) is 2.47. The van der Waals surface area contributed by atoms with Crippen molar-refractivity contribution in [2.45, 2.75) is 19.8 Å². The topological polar surface area (TPSA) is 67.0 Å². The van der Waals surface area contributed by atoms with Gasteiger partial charge in [0.25, 0.3) is 5.91 Å². The van der Waals surface area contributed by atoms with Crippen molar-refractivity contribution in [2.75, 3.05) is 13.2 Å². The van der Waals surface area contributed by atoms with Crippen molar-refractivity contribution < 1.29 is 9.53 Å². The lowest BCUT2D eigenvalue weighted by Crippen LogP contribution is -2.25. The molecule has 3 rings (SSSR count). The summed E-state index contributed by atoms with van der Waals surface area (Å²) in [4.78, 5) is 20.0. The van der Waals surface area contributed by atoms with Gasteiger partial charge in [0.2, 0.25) is 0 Å². The Labute approximate surface area is 141 Å². The van der Waals surface area contributed by atoms with E-state index in [2.05, 4.69) is 22.2 Å². The monoisotopic (exact) mass is 323 g/mol. The molecule has 5 heteroatoms. The summed E-state index contributed by atoms with van der Waals surface area (Å²) in [6, 6.07) is 15.1. The van der Waals surface area contributed by atoms with E-state index in [0.717, 1.165) is 29.0 Å². The number of hydrogen-bond acceptors (Lipinski definition) is 3. The number of imidazole rings is 1. The van der Waals surface area contributed by atoms with Gasteiger partial charge in [-0.1, -0.05) is 25.1 Å². The maximum absolute atomic E-state index is 12.2. The number of aromatic nitrogens is 2. The Morgan fingerprint density at radius 1 is 1.21 bits per heavy atom. The maximum Gasteiger partial charge on any atom is 0.251 e. The van der Waals surface area contributed by atoms with Gasteiger partial charge in [-0.3, -0.25) is 4.79 Å². The number of nitrogens with one attached hydrogen (secondary N) is 2. The minimum atomic E-state index is -0.104. The Balaban J connectivity index is 1.55. The van der Waals surface area contributed by atoms with Crippen LogP contribution in [0.4, 0.5) is 0 Å². The summed E-state index contributed by atoms with van der Waals surface area (Å²) in [6.45, 7) is 3.23. The van der Waals surface area contributed by atoms with E-state index in [0.29, 0.717) is 25.1 Å². The van der Waals surface area contributed by atoms with Crippen LogP contribution in [0.2, 0.25) is 0 Å². The highest BCUT2D eigenvalue weighted by Gasteiger charge is 2.07. The van der Waals surface area contributed by atoms with Crippen molar-refractivity contribution >= 4 is 16.9 Å². The smallest absolute Gasteiger partial charge is 0.251 e. The van der Waals surface area contributed by atoms with Crippen LogP contribution in [0.3, 0.4) is 0 Å². The van der Waals surface area contributed by atoms with E-state index in [1.807, 2.05) is 36.4 Å². The summed E-state index contributed by atoms with van der Waals surface area (Å²) in [5, 5.41) is 2.92. The number of H-pyrrole nitrogens is 1. The second-order valence-corrected chi connectivity index (χ2v) is 5.58. The number of amides is 1. The van der Waals surface area contributed by atoms with Crippen LogP contribution in [-0.2, 0) is 6.42 Å². The van der Waals surface area contributed by atoms with Crippen LogP contribution in [0.1, 0.15) is 29.5 Å². The first-order valence-electron chi connectivity index (χ1n) is 8.21. The number of benzene rings is 2. The summed E-state index contributed by atoms with van der Waals surface area (Å²) >= 11 is 0. The van der Waals surface area contributed by atoms with Gasteiger partial charge in [-0.05, 0) is 36.8 Å². The number of aromatic amines is 1. The van der Waals surface area contributed by atoms with Crippen LogP contribution in [0, 0.1) is 0 Å². The van der Waals surface area contributed by atoms with Gasteiger partial charge in [-0.2, -0.15) is 0 Å². The van der Waals surface area contributed by atoms with Crippen molar-refractivity contribution in [1.29, 1.82) is 0 Å². The molecule has 1 amide bonds. The highest BCUT2D eigenvalue weighted by Crippen LogP contribution is 2.14. The minimum Gasteiger partial charge on any atom is -0.494 e. The quantitative estimate of drug-likeness (QED) is 0.701. The van der Waals surface area contributed by atoms with Crippen molar-refractivity contribution in [3.63, 3.8) is 0 Å². The molecular weight excluding hydrogens is 302 g/mol. The Morgan fingerprint density at radius 3 is 2.92 bits per heavy atom. The third kappa shape index (κ3) is 3.93. The predicted molar refractivity (Wildman–Crippen MR) is 94.4 cm³/mol. The lowest BCUT2D eigenvalue weighted by Gasteiger charge is -2.07. The highest BCUT2D eigenvalue weighted by atomic mass is 16.5. The SMILES string of the molecule is CCCOc1cccc(C(=O)NCCc2nc3ccccc3[nH]2)c1. The van der Waals surface area contributed by atoms with Crippen molar-refractivity contribution in [3.8, 4) is 5.75 Å². The van der Waals surface area contributed by atoms with Crippen LogP contribution in [0.15, 0.2) is 48.5 Å². The number of fused-ring (bicyclic) bond motifs is 1. The first-order chi connectivity index (χ1) is 11.8. The zero-order valence-corrected chi connectivity index (χ0v) is 13.7. The van der Waals surface area contributed by atoms with Gasteiger partial charge >= 0.3 is 0 Å². The largest absolute Gasteiger partial charge is 0.494 e. The molecule has 0 bridgehead atoms. The number of carbonyl (C=O) groups is 1. The van der Waals surface area contributed by atoms with Crippen LogP contribution < -0.4 is 10.1 Å². The van der Waals surface area contributed by atoms with Gasteiger partial charge in [0, 0.05) is 18.5 Å². The summed E-state index contributed by atoms with van der Waals surface area (Å²) in [7, 11) is 0. The standard InChI is InChI=1S/C19H21N3O2/c1-2-12-24-15-7-5-6-14(13-15)19(23)20-11-10-18-21-16-8-3-4-9-17(16)22-18/h3-9,13H,2,10-12H2,1H3,(H,20,23)(H,21,22). The molecule has 0 saturated heterocycles. The van der Waals surface area contributed by atoms with Gasteiger partial charge < -0.3 is 15.0 Å². The van der Waals surface area contributed by atoms with E-state index in [4.69, 9.17) is 4.74 Å². The molecule has 0 fully saturated rings. The minimum absolute atomic E-state index is 0.104. The fraction of sp³-hybridized carbons (Fsp3) is 0.263. The van der Waals surface area contributed by atoms with Crippen LogP contribution in [0.5, 0.6) is 5.75 Å². The molecule has 0 atom stereocenters. The molecular formula is C19H21N3O2. The molecule has 0 unspecified atom stereocenters. The number of hydrogen-bond donors (Lipinski definition) is 2. The number of ether oxygens (including phenoxy) is 1. The summed E-state index contributed by atoms with van der Waals surface area (Å²) in [6.07, 6.45) is 1.60. The van der Waals surface area contributed by atoms with E-state index in [-0.39, 0.29) is 5.91 Å². The lowest BCUT2D eigenvalue weighted by atomic mass is 10.2. The fourth-order valence-electron chi connectivity index (χ4n) is 2.47. The molecule has 1 aromatic heterocycles. The lowest BCUT2D eigenvalue weighted by molar-refractivity contribution is 0.0953. The van der Waals surface area contributed by atoms with Crippen molar-refractivity contribution in [1.82, 2.24) is 15.3 Å². The summed E-state index contributed by atoms with van der Waals surface area (Å²) < 4.78 is 5.56. The van der Waals surface area contributed by atoms with Gasteiger partial charge in [0.05, 0.1) is 17.6 Å².